The number of carbonyl (C=O) groups excluding carboxylic acids is 1. The largest absolute Gasteiger partial charge is 0.388 e. The van der Waals surface area contributed by atoms with Crippen LogP contribution < -0.4 is 11.1 Å². The van der Waals surface area contributed by atoms with Crippen molar-refractivity contribution in [2.75, 3.05) is 6.54 Å². The average Bonchev–Trinajstić information content (AvgIpc) is 1.87. The van der Waals surface area contributed by atoms with Crippen LogP contribution in [0.1, 0.15) is 19.8 Å². The van der Waals surface area contributed by atoms with Gasteiger partial charge in [-0.05, 0) is 0 Å². The Morgan fingerprint density at radius 3 is 2.70 bits per heavy atom. The van der Waals surface area contributed by atoms with E-state index in [-0.39, 0.29) is 11.7 Å². The molecule has 0 saturated carbocycles. The van der Waals surface area contributed by atoms with Gasteiger partial charge in [0.25, 0.3) is 0 Å². The first-order valence-corrected chi connectivity index (χ1v) is 3.26. The molecule has 0 bridgehead atoms. The number of hydrogen-bond acceptors (Lipinski definition) is 2. The van der Waals surface area contributed by atoms with Crippen LogP contribution in [0.3, 0.4) is 0 Å². The standard InChI is InChI=1S/C6H13N3O/c1-2-6(10)9-4-3-5(7)8/h2-4H2,1H3,(H3,7,8)(H,9,10). The molecule has 0 atom stereocenters. The maximum absolute atomic E-state index is 10.6. The molecule has 0 spiro atoms. The Hall–Kier alpha value is -1.06. The average molecular weight is 143 g/mol. The summed E-state index contributed by atoms with van der Waals surface area (Å²) in [6, 6.07) is 0. The van der Waals surface area contributed by atoms with E-state index in [0.29, 0.717) is 19.4 Å². The maximum Gasteiger partial charge on any atom is 0.219 e. The third-order valence-corrected chi connectivity index (χ3v) is 1.04. The fourth-order valence-electron chi connectivity index (χ4n) is 0.462. The van der Waals surface area contributed by atoms with E-state index in [1.165, 1.54) is 0 Å². The maximum atomic E-state index is 10.6. The number of amidine groups is 1. The molecule has 0 aliphatic carbocycles. The van der Waals surface area contributed by atoms with Gasteiger partial charge in [0, 0.05) is 19.4 Å². The van der Waals surface area contributed by atoms with Crippen molar-refractivity contribution in [3.63, 3.8) is 0 Å². The number of rotatable bonds is 4. The highest BCUT2D eigenvalue weighted by Gasteiger charge is 1.94. The van der Waals surface area contributed by atoms with E-state index in [1.54, 1.807) is 6.92 Å². The topological polar surface area (TPSA) is 79.0 Å². The Balaban J connectivity index is 3.20. The zero-order chi connectivity index (χ0) is 7.98. The molecular weight excluding hydrogens is 130 g/mol. The van der Waals surface area contributed by atoms with Crippen molar-refractivity contribution in [1.82, 2.24) is 5.32 Å². The lowest BCUT2D eigenvalue weighted by atomic mass is 10.4. The van der Waals surface area contributed by atoms with Crippen LogP contribution in [0.25, 0.3) is 0 Å². The summed E-state index contributed by atoms with van der Waals surface area (Å²) < 4.78 is 0. The van der Waals surface area contributed by atoms with Gasteiger partial charge >= 0.3 is 0 Å². The van der Waals surface area contributed by atoms with Crippen LogP contribution in [-0.2, 0) is 4.79 Å². The Kier molecular flexibility index (Phi) is 4.28. The first kappa shape index (κ1) is 8.94. The molecule has 0 fully saturated rings. The van der Waals surface area contributed by atoms with E-state index in [9.17, 15) is 4.79 Å². The number of carbonyl (C=O) groups is 1. The van der Waals surface area contributed by atoms with E-state index < -0.39 is 0 Å². The fraction of sp³-hybridized carbons (Fsp3) is 0.667. The molecule has 4 N–H and O–H groups in total. The van der Waals surface area contributed by atoms with Gasteiger partial charge < -0.3 is 11.1 Å². The van der Waals surface area contributed by atoms with Crippen molar-refractivity contribution < 1.29 is 4.79 Å². The van der Waals surface area contributed by atoms with Gasteiger partial charge in [-0.1, -0.05) is 6.92 Å². The van der Waals surface area contributed by atoms with Gasteiger partial charge in [-0.2, -0.15) is 0 Å². The Bertz CT molecular complexity index is 133. The molecule has 0 radical (unpaired) electrons. The van der Waals surface area contributed by atoms with Crippen LogP contribution >= 0.6 is 0 Å². The van der Waals surface area contributed by atoms with E-state index in [2.05, 4.69) is 5.32 Å². The first-order chi connectivity index (χ1) is 4.66. The minimum atomic E-state index is 0.00116. The van der Waals surface area contributed by atoms with E-state index >= 15 is 0 Å². The van der Waals surface area contributed by atoms with Crippen LogP contribution in [0.2, 0.25) is 0 Å². The molecule has 0 rings (SSSR count). The van der Waals surface area contributed by atoms with E-state index in [1.807, 2.05) is 0 Å². The minimum absolute atomic E-state index is 0.00116. The Labute approximate surface area is 60.3 Å². The second-order valence-corrected chi connectivity index (χ2v) is 1.98. The molecule has 1 amide bonds. The van der Waals surface area contributed by atoms with Gasteiger partial charge in [-0.15, -0.1) is 0 Å². The van der Waals surface area contributed by atoms with Gasteiger partial charge in [0.2, 0.25) is 5.91 Å². The van der Waals surface area contributed by atoms with Crippen LogP contribution in [0.5, 0.6) is 0 Å². The van der Waals surface area contributed by atoms with Crippen molar-refractivity contribution in [3.05, 3.63) is 0 Å². The summed E-state index contributed by atoms with van der Waals surface area (Å²) in [6.07, 6.45) is 0.920. The first-order valence-electron chi connectivity index (χ1n) is 3.26. The molecular formula is C6H13N3O. The summed E-state index contributed by atoms with van der Waals surface area (Å²) in [5.74, 6) is 0.109. The Morgan fingerprint density at radius 2 is 2.30 bits per heavy atom. The summed E-state index contributed by atoms with van der Waals surface area (Å²) in [5, 5.41) is 9.43. The third kappa shape index (κ3) is 5.08. The van der Waals surface area contributed by atoms with Gasteiger partial charge in [-0.25, -0.2) is 0 Å². The molecule has 0 aromatic carbocycles. The van der Waals surface area contributed by atoms with Crippen molar-refractivity contribution >= 4 is 11.7 Å². The second-order valence-electron chi connectivity index (χ2n) is 1.98. The van der Waals surface area contributed by atoms with Gasteiger partial charge in [0.05, 0.1) is 5.84 Å². The lowest BCUT2D eigenvalue weighted by Crippen LogP contribution is -2.26. The molecule has 0 saturated heterocycles. The number of hydrogen-bond donors (Lipinski definition) is 3. The molecule has 0 aliphatic rings. The predicted molar refractivity (Wildman–Crippen MR) is 39.8 cm³/mol. The predicted octanol–water partition coefficient (Wildman–Crippen LogP) is -0.161. The highest BCUT2D eigenvalue weighted by Crippen LogP contribution is 1.77. The summed E-state index contributed by atoms with van der Waals surface area (Å²) in [7, 11) is 0. The third-order valence-electron chi connectivity index (χ3n) is 1.04. The van der Waals surface area contributed by atoms with Crippen LogP contribution in [0, 0.1) is 5.41 Å². The normalized spacial score (nSPS) is 8.90. The van der Waals surface area contributed by atoms with E-state index in [0.717, 1.165) is 0 Å². The highest BCUT2D eigenvalue weighted by atomic mass is 16.1. The Morgan fingerprint density at radius 1 is 1.70 bits per heavy atom. The summed E-state index contributed by atoms with van der Waals surface area (Å²) in [5.41, 5.74) is 5.05. The van der Waals surface area contributed by atoms with Gasteiger partial charge in [-0.3, -0.25) is 10.2 Å². The number of nitrogens with one attached hydrogen (secondary N) is 2. The van der Waals surface area contributed by atoms with Gasteiger partial charge in [0.1, 0.15) is 0 Å². The molecule has 4 nitrogen and oxygen atoms in total. The lowest BCUT2D eigenvalue weighted by molar-refractivity contribution is -0.120. The molecule has 0 unspecified atom stereocenters. The van der Waals surface area contributed by atoms with Crippen LogP contribution in [0.15, 0.2) is 0 Å². The summed E-state index contributed by atoms with van der Waals surface area (Å²) in [4.78, 5) is 10.6. The van der Waals surface area contributed by atoms with Crippen molar-refractivity contribution in [2.24, 2.45) is 5.73 Å². The molecule has 0 heterocycles. The van der Waals surface area contributed by atoms with Crippen molar-refractivity contribution in [3.8, 4) is 0 Å². The van der Waals surface area contributed by atoms with Crippen molar-refractivity contribution in [2.45, 2.75) is 19.8 Å². The minimum Gasteiger partial charge on any atom is -0.388 e. The summed E-state index contributed by atoms with van der Waals surface area (Å²) >= 11 is 0. The molecule has 0 aromatic rings. The molecule has 0 aromatic heterocycles. The van der Waals surface area contributed by atoms with Gasteiger partial charge in [0.15, 0.2) is 0 Å². The SMILES string of the molecule is CCC(=O)NCCC(=N)N. The lowest BCUT2D eigenvalue weighted by Gasteiger charge is -2.00. The van der Waals surface area contributed by atoms with Crippen LogP contribution in [-0.4, -0.2) is 18.3 Å². The molecule has 4 heteroatoms. The highest BCUT2D eigenvalue weighted by molar-refractivity contribution is 5.79. The zero-order valence-corrected chi connectivity index (χ0v) is 6.11. The number of nitrogens with two attached hydrogens (primary N) is 1. The molecule has 58 valence electrons. The quantitative estimate of drug-likeness (QED) is 0.377. The van der Waals surface area contributed by atoms with E-state index in [4.69, 9.17) is 11.1 Å². The molecule has 0 aliphatic heterocycles. The second kappa shape index (κ2) is 4.78. The number of amides is 1. The smallest absolute Gasteiger partial charge is 0.219 e. The zero-order valence-electron chi connectivity index (χ0n) is 6.11. The summed E-state index contributed by atoms with van der Waals surface area (Å²) in [6.45, 7) is 2.26. The molecule has 10 heavy (non-hydrogen) atoms. The van der Waals surface area contributed by atoms with Crippen LogP contribution in [0.4, 0.5) is 0 Å². The van der Waals surface area contributed by atoms with Crippen molar-refractivity contribution in [1.29, 1.82) is 5.41 Å². The monoisotopic (exact) mass is 143 g/mol. The fourth-order valence-corrected chi connectivity index (χ4v) is 0.462.